The van der Waals surface area contributed by atoms with Crippen LogP contribution in [0.25, 0.3) is 0 Å². The molecule has 0 aliphatic heterocycles. The third-order valence-electron chi connectivity index (χ3n) is 3.11. The summed E-state index contributed by atoms with van der Waals surface area (Å²) in [6.07, 6.45) is 3.26. The van der Waals surface area contributed by atoms with Crippen LogP contribution in [0.1, 0.15) is 33.1 Å². The molecule has 3 atom stereocenters. The standard InChI is InChI=1S/C10H20O2/c1-8-4-5-9(2)10(11,6-8)7-12-3/h8-9,11H,4-7H2,1-3H3. The van der Waals surface area contributed by atoms with E-state index in [-0.39, 0.29) is 0 Å². The van der Waals surface area contributed by atoms with Gasteiger partial charge in [0.05, 0.1) is 12.2 Å². The number of hydrogen-bond acceptors (Lipinski definition) is 2. The Bertz CT molecular complexity index is 147. The summed E-state index contributed by atoms with van der Waals surface area (Å²) in [5, 5.41) is 10.2. The van der Waals surface area contributed by atoms with Crippen LogP contribution in [0, 0.1) is 11.8 Å². The first kappa shape index (κ1) is 10.0. The SMILES string of the molecule is COCC1(O)CC(C)CCC1C. The second kappa shape index (κ2) is 3.75. The van der Waals surface area contributed by atoms with Crippen molar-refractivity contribution in [2.75, 3.05) is 13.7 Å². The highest BCUT2D eigenvalue weighted by atomic mass is 16.5. The number of hydrogen-bond donors (Lipinski definition) is 1. The number of rotatable bonds is 2. The molecule has 2 nitrogen and oxygen atoms in total. The van der Waals surface area contributed by atoms with Crippen LogP contribution in [0.2, 0.25) is 0 Å². The molecule has 0 aromatic rings. The van der Waals surface area contributed by atoms with E-state index in [1.807, 2.05) is 0 Å². The summed E-state index contributed by atoms with van der Waals surface area (Å²) >= 11 is 0. The molecular weight excluding hydrogens is 152 g/mol. The monoisotopic (exact) mass is 172 g/mol. The summed E-state index contributed by atoms with van der Waals surface area (Å²) in [6.45, 7) is 4.80. The van der Waals surface area contributed by atoms with Gasteiger partial charge in [0.1, 0.15) is 0 Å². The molecule has 0 saturated heterocycles. The van der Waals surface area contributed by atoms with Crippen molar-refractivity contribution in [3.05, 3.63) is 0 Å². The first-order valence-corrected chi connectivity index (χ1v) is 4.80. The summed E-state index contributed by atoms with van der Waals surface area (Å²) in [5.74, 6) is 1.02. The molecule has 2 heteroatoms. The van der Waals surface area contributed by atoms with Gasteiger partial charge in [-0.3, -0.25) is 0 Å². The summed E-state index contributed by atoms with van der Waals surface area (Å²) in [5.41, 5.74) is -0.563. The Morgan fingerprint density at radius 3 is 2.67 bits per heavy atom. The average molecular weight is 172 g/mol. The zero-order valence-electron chi connectivity index (χ0n) is 8.34. The Hall–Kier alpha value is -0.0800. The maximum Gasteiger partial charge on any atom is 0.0907 e. The highest BCUT2D eigenvalue weighted by molar-refractivity contribution is 4.89. The fourth-order valence-electron chi connectivity index (χ4n) is 2.16. The average Bonchev–Trinajstić information content (AvgIpc) is 1.98. The lowest BCUT2D eigenvalue weighted by Gasteiger charge is -2.40. The lowest BCUT2D eigenvalue weighted by atomic mass is 9.72. The van der Waals surface area contributed by atoms with E-state index in [1.54, 1.807) is 7.11 Å². The molecular formula is C10H20O2. The molecule has 3 unspecified atom stereocenters. The van der Waals surface area contributed by atoms with Gasteiger partial charge in [0.15, 0.2) is 0 Å². The van der Waals surface area contributed by atoms with Crippen molar-refractivity contribution in [3.8, 4) is 0 Å². The van der Waals surface area contributed by atoms with E-state index in [9.17, 15) is 5.11 Å². The van der Waals surface area contributed by atoms with Crippen LogP contribution >= 0.6 is 0 Å². The fourth-order valence-corrected chi connectivity index (χ4v) is 2.16. The van der Waals surface area contributed by atoms with Gasteiger partial charge in [0, 0.05) is 7.11 Å². The van der Waals surface area contributed by atoms with E-state index in [1.165, 1.54) is 6.42 Å². The number of aliphatic hydroxyl groups is 1. The molecule has 1 rings (SSSR count). The molecule has 0 aromatic heterocycles. The molecule has 0 bridgehead atoms. The van der Waals surface area contributed by atoms with Crippen molar-refractivity contribution in [1.29, 1.82) is 0 Å². The predicted octanol–water partition coefficient (Wildman–Crippen LogP) is 1.82. The van der Waals surface area contributed by atoms with E-state index >= 15 is 0 Å². The van der Waals surface area contributed by atoms with Crippen molar-refractivity contribution in [2.45, 2.75) is 38.7 Å². The van der Waals surface area contributed by atoms with Gasteiger partial charge in [-0.2, -0.15) is 0 Å². The number of methoxy groups -OCH3 is 1. The fraction of sp³-hybridized carbons (Fsp3) is 1.00. The summed E-state index contributed by atoms with van der Waals surface area (Å²) < 4.78 is 5.05. The van der Waals surface area contributed by atoms with Crippen LogP contribution in [0.5, 0.6) is 0 Å². The predicted molar refractivity (Wildman–Crippen MR) is 49.0 cm³/mol. The van der Waals surface area contributed by atoms with Gasteiger partial charge < -0.3 is 9.84 Å². The minimum Gasteiger partial charge on any atom is -0.387 e. The molecule has 1 N–H and O–H groups in total. The normalized spacial score (nSPS) is 43.0. The Morgan fingerprint density at radius 2 is 2.08 bits per heavy atom. The molecule has 0 spiro atoms. The zero-order chi connectivity index (χ0) is 9.19. The topological polar surface area (TPSA) is 29.5 Å². The molecule has 1 aliphatic carbocycles. The third-order valence-corrected chi connectivity index (χ3v) is 3.11. The number of ether oxygens (including phenoxy) is 1. The summed E-state index contributed by atoms with van der Waals surface area (Å²) in [6, 6.07) is 0. The van der Waals surface area contributed by atoms with Gasteiger partial charge in [-0.05, 0) is 24.7 Å². The van der Waals surface area contributed by atoms with Crippen molar-refractivity contribution < 1.29 is 9.84 Å². The first-order chi connectivity index (χ1) is 5.58. The second-order valence-electron chi connectivity index (χ2n) is 4.32. The molecule has 0 radical (unpaired) electrons. The first-order valence-electron chi connectivity index (χ1n) is 4.80. The van der Waals surface area contributed by atoms with Gasteiger partial charge in [0.2, 0.25) is 0 Å². The van der Waals surface area contributed by atoms with E-state index in [0.29, 0.717) is 18.4 Å². The minimum absolute atomic E-state index is 0.383. The van der Waals surface area contributed by atoms with Crippen LogP contribution in [0.4, 0.5) is 0 Å². The maximum atomic E-state index is 10.2. The lowest BCUT2D eigenvalue weighted by molar-refractivity contribution is -0.101. The molecule has 12 heavy (non-hydrogen) atoms. The van der Waals surface area contributed by atoms with Crippen LogP contribution in [-0.2, 0) is 4.74 Å². The largest absolute Gasteiger partial charge is 0.387 e. The molecule has 72 valence electrons. The Labute approximate surface area is 74.9 Å². The molecule has 0 amide bonds. The van der Waals surface area contributed by atoms with E-state index in [4.69, 9.17) is 4.74 Å². The Morgan fingerprint density at radius 1 is 1.42 bits per heavy atom. The molecule has 0 aromatic carbocycles. The molecule has 1 saturated carbocycles. The van der Waals surface area contributed by atoms with Crippen molar-refractivity contribution in [2.24, 2.45) is 11.8 Å². The minimum atomic E-state index is -0.563. The van der Waals surface area contributed by atoms with Crippen molar-refractivity contribution >= 4 is 0 Å². The van der Waals surface area contributed by atoms with E-state index in [0.717, 1.165) is 12.8 Å². The van der Waals surface area contributed by atoms with Gasteiger partial charge in [0.25, 0.3) is 0 Å². The zero-order valence-corrected chi connectivity index (χ0v) is 8.34. The van der Waals surface area contributed by atoms with Crippen molar-refractivity contribution in [3.63, 3.8) is 0 Å². The van der Waals surface area contributed by atoms with Crippen LogP contribution in [0.3, 0.4) is 0 Å². The Balaban J connectivity index is 2.57. The third kappa shape index (κ3) is 1.99. The van der Waals surface area contributed by atoms with Crippen LogP contribution in [0.15, 0.2) is 0 Å². The van der Waals surface area contributed by atoms with E-state index < -0.39 is 5.60 Å². The highest BCUT2D eigenvalue weighted by Gasteiger charge is 2.38. The lowest BCUT2D eigenvalue weighted by Crippen LogP contribution is -2.45. The van der Waals surface area contributed by atoms with Gasteiger partial charge >= 0.3 is 0 Å². The highest BCUT2D eigenvalue weighted by Crippen LogP contribution is 2.36. The van der Waals surface area contributed by atoms with Crippen LogP contribution in [-0.4, -0.2) is 24.4 Å². The smallest absolute Gasteiger partial charge is 0.0907 e. The van der Waals surface area contributed by atoms with Gasteiger partial charge in [-0.1, -0.05) is 20.3 Å². The van der Waals surface area contributed by atoms with Gasteiger partial charge in [-0.15, -0.1) is 0 Å². The Kier molecular flexibility index (Phi) is 3.13. The maximum absolute atomic E-state index is 10.2. The van der Waals surface area contributed by atoms with Crippen LogP contribution < -0.4 is 0 Å². The van der Waals surface area contributed by atoms with Crippen molar-refractivity contribution in [1.82, 2.24) is 0 Å². The molecule has 0 heterocycles. The summed E-state index contributed by atoms with van der Waals surface area (Å²) in [4.78, 5) is 0. The van der Waals surface area contributed by atoms with E-state index in [2.05, 4.69) is 13.8 Å². The quantitative estimate of drug-likeness (QED) is 0.688. The second-order valence-corrected chi connectivity index (χ2v) is 4.32. The summed E-state index contributed by atoms with van der Waals surface area (Å²) in [7, 11) is 1.66. The molecule has 1 fully saturated rings. The van der Waals surface area contributed by atoms with Gasteiger partial charge in [-0.25, -0.2) is 0 Å². The molecule has 1 aliphatic rings.